The molecule has 29 heavy (non-hydrogen) atoms. The molecular weight excluding hydrogens is 499 g/mol. The molecule has 0 fully saturated rings. The van der Waals surface area contributed by atoms with Crippen molar-refractivity contribution in [2.45, 2.75) is 25.4 Å². The first-order valence-corrected chi connectivity index (χ1v) is 11.1. The Bertz CT molecular complexity index is 995. The van der Waals surface area contributed by atoms with Crippen molar-refractivity contribution in [1.82, 2.24) is 14.8 Å². The van der Waals surface area contributed by atoms with Crippen molar-refractivity contribution in [2.75, 3.05) is 18.2 Å². The number of anilines is 1. The van der Waals surface area contributed by atoms with Gasteiger partial charge in [0.05, 0.1) is 12.9 Å². The zero-order chi connectivity index (χ0) is 21.0. The first-order valence-electron chi connectivity index (χ1n) is 9.08. The highest BCUT2D eigenvalue weighted by atomic mass is 127. The molecule has 0 aliphatic rings. The number of thioether (sulfide) groups is 1. The highest BCUT2D eigenvalue weighted by molar-refractivity contribution is 14.1. The fraction of sp³-hybridized carbons (Fsp3) is 0.286. The van der Waals surface area contributed by atoms with Crippen LogP contribution in [0.5, 0.6) is 5.75 Å². The summed E-state index contributed by atoms with van der Waals surface area (Å²) in [4.78, 5) is 12.4. The molecule has 1 aromatic heterocycles. The van der Waals surface area contributed by atoms with Crippen LogP contribution in [0.4, 0.5) is 5.69 Å². The summed E-state index contributed by atoms with van der Waals surface area (Å²) in [5.74, 6) is 1.90. The van der Waals surface area contributed by atoms with Crippen LogP contribution >= 0.6 is 34.4 Å². The lowest BCUT2D eigenvalue weighted by Gasteiger charge is -2.12. The highest BCUT2D eigenvalue weighted by Crippen LogP contribution is 2.24. The molecule has 1 amide bonds. The van der Waals surface area contributed by atoms with Gasteiger partial charge in [-0.05, 0) is 77.4 Å². The third-order valence-corrected chi connectivity index (χ3v) is 6.18. The van der Waals surface area contributed by atoms with E-state index in [1.807, 2.05) is 49.7 Å². The number of methoxy groups -OCH3 is 1. The second kappa shape index (κ2) is 9.62. The number of halogens is 1. The third kappa shape index (κ3) is 5.51. The number of benzene rings is 2. The predicted molar refractivity (Wildman–Crippen MR) is 125 cm³/mol. The average molecular weight is 522 g/mol. The molecule has 0 saturated heterocycles. The van der Waals surface area contributed by atoms with Gasteiger partial charge in [0, 0.05) is 22.7 Å². The van der Waals surface area contributed by atoms with Crippen LogP contribution in [0.3, 0.4) is 0 Å². The number of rotatable bonds is 7. The molecular formula is C21H23IN4O2S. The number of carbonyl (C=O) groups excluding carboxylic acids is 1. The Labute approximate surface area is 188 Å². The zero-order valence-corrected chi connectivity index (χ0v) is 19.8. The second-order valence-electron chi connectivity index (χ2n) is 6.73. The van der Waals surface area contributed by atoms with E-state index in [4.69, 9.17) is 4.74 Å². The van der Waals surface area contributed by atoms with Crippen molar-refractivity contribution < 1.29 is 9.53 Å². The fourth-order valence-corrected chi connectivity index (χ4v) is 4.63. The zero-order valence-electron chi connectivity index (χ0n) is 16.8. The van der Waals surface area contributed by atoms with Gasteiger partial charge in [0.2, 0.25) is 5.91 Å². The van der Waals surface area contributed by atoms with Crippen LogP contribution in [0, 0.1) is 17.4 Å². The second-order valence-corrected chi connectivity index (χ2v) is 8.92. The van der Waals surface area contributed by atoms with Crippen molar-refractivity contribution >= 4 is 45.9 Å². The van der Waals surface area contributed by atoms with E-state index in [1.54, 1.807) is 7.11 Å². The first-order chi connectivity index (χ1) is 13.9. The summed E-state index contributed by atoms with van der Waals surface area (Å²) >= 11 is 3.66. The Morgan fingerprint density at radius 2 is 1.83 bits per heavy atom. The molecule has 3 rings (SSSR count). The number of aromatic nitrogens is 3. The normalized spacial score (nSPS) is 10.8. The van der Waals surface area contributed by atoms with Crippen LogP contribution in [0.2, 0.25) is 0 Å². The van der Waals surface area contributed by atoms with Gasteiger partial charge in [-0.3, -0.25) is 4.79 Å². The number of ether oxygens (including phenoxy) is 1. The van der Waals surface area contributed by atoms with Gasteiger partial charge >= 0.3 is 0 Å². The van der Waals surface area contributed by atoms with Crippen LogP contribution in [0.25, 0.3) is 0 Å². The van der Waals surface area contributed by atoms with Gasteiger partial charge in [-0.15, -0.1) is 10.2 Å². The molecule has 8 heteroatoms. The molecule has 2 aromatic carbocycles. The largest absolute Gasteiger partial charge is 0.497 e. The smallest absolute Gasteiger partial charge is 0.234 e. The number of hydrogen-bond acceptors (Lipinski definition) is 5. The van der Waals surface area contributed by atoms with Gasteiger partial charge in [0.1, 0.15) is 11.6 Å². The number of amides is 1. The van der Waals surface area contributed by atoms with E-state index >= 15 is 0 Å². The van der Waals surface area contributed by atoms with E-state index in [0.717, 1.165) is 42.7 Å². The maximum atomic E-state index is 12.4. The molecule has 6 nitrogen and oxygen atoms in total. The Balaban J connectivity index is 1.60. The van der Waals surface area contributed by atoms with E-state index in [1.165, 1.54) is 11.8 Å². The van der Waals surface area contributed by atoms with Gasteiger partial charge in [-0.2, -0.15) is 0 Å². The van der Waals surface area contributed by atoms with Gasteiger partial charge in [-0.1, -0.05) is 23.9 Å². The van der Waals surface area contributed by atoms with Crippen molar-refractivity contribution in [1.29, 1.82) is 0 Å². The standard InChI is InChI=1S/C21H23IN4O2S/c1-13-9-16(22)10-14(2)20(13)23-19(27)12-29-21-25-24-18(26(21)3)11-15-5-7-17(28-4)8-6-15/h5-10H,11-12H2,1-4H3,(H,23,27). The molecule has 1 N–H and O–H groups in total. The van der Waals surface area contributed by atoms with E-state index in [9.17, 15) is 4.79 Å². The van der Waals surface area contributed by atoms with E-state index in [0.29, 0.717) is 6.42 Å². The van der Waals surface area contributed by atoms with Gasteiger partial charge in [0.15, 0.2) is 5.16 Å². The lowest BCUT2D eigenvalue weighted by Crippen LogP contribution is -2.16. The van der Waals surface area contributed by atoms with Gasteiger partial charge < -0.3 is 14.6 Å². The molecule has 0 bridgehead atoms. The summed E-state index contributed by atoms with van der Waals surface area (Å²) < 4.78 is 8.28. The molecule has 0 atom stereocenters. The minimum absolute atomic E-state index is 0.0536. The predicted octanol–water partition coefficient (Wildman–Crippen LogP) is 4.37. The van der Waals surface area contributed by atoms with Crippen LogP contribution in [0.1, 0.15) is 22.5 Å². The number of aryl methyl sites for hydroxylation is 2. The van der Waals surface area contributed by atoms with Crippen LogP contribution in [0.15, 0.2) is 41.6 Å². The first kappa shape index (κ1) is 21.6. The molecule has 0 aliphatic heterocycles. The molecule has 0 aliphatic carbocycles. The lowest BCUT2D eigenvalue weighted by molar-refractivity contribution is -0.113. The monoisotopic (exact) mass is 522 g/mol. The van der Waals surface area contributed by atoms with E-state index in [2.05, 4.69) is 50.2 Å². The Morgan fingerprint density at radius 1 is 1.17 bits per heavy atom. The average Bonchev–Trinajstić information content (AvgIpc) is 3.03. The molecule has 0 radical (unpaired) electrons. The van der Waals surface area contributed by atoms with Crippen LogP contribution in [-0.4, -0.2) is 33.5 Å². The maximum Gasteiger partial charge on any atom is 0.234 e. The lowest BCUT2D eigenvalue weighted by atomic mass is 10.1. The Hall–Kier alpha value is -2.07. The summed E-state index contributed by atoms with van der Waals surface area (Å²) in [6.45, 7) is 4.01. The Kier molecular flexibility index (Phi) is 7.18. The fourth-order valence-electron chi connectivity index (χ4n) is 2.96. The molecule has 1 heterocycles. The maximum absolute atomic E-state index is 12.4. The molecule has 152 valence electrons. The summed E-state index contributed by atoms with van der Waals surface area (Å²) in [6.07, 6.45) is 0.668. The Morgan fingerprint density at radius 3 is 2.45 bits per heavy atom. The van der Waals surface area contributed by atoms with Crippen molar-refractivity contribution in [2.24, 2.45) is 7.05 Å². The topological polar surface area (TPSA) is 69.0 Å². The minimum Gasteiger partial charge on any atom is -0.497 e. The summed E-state index contributed by atoms with van der Waals surface area (Å²) in [7, 11) is 3.57. The van der Waals surface area contributed by atoms with E-state index < -0.39 is 0 Å². The third-order valence-electron chi connectivity index (χ3n) is 4.54. The number of nitrogens with zero attached hydrogens (tertiary/aromatic N) is 3. The SMILES string of the molecule is COc1ccc(Cc2nnc(SCC(=O)Nc3c(C)cc(I)cc3C)n2C)cc1. The molecule has 0 saturated carbocycles. The van der Waals surface area contributed by atoms with Crippen molar-refractivity contribution in [3.8, 4) is 5.75 Å². The van der Waals surface area contributed by atoms with Gasteiger partial charge in [-0.25, -0.2) is 0 Å². The van der Waals surface area contributed by atoms with E-state index in [-0.39, 0.29) is 11.7 Å². The number of nitrogens with one attached hydrogen (secondary N) is 1. The molecule has 0 unspecified atom stereocenters. The minimum atomic E-state index is -0.0536. The molecule has 3 aromatic rings. The molecule has 0 spiro atoms. The van der Waals surface area contributed by atoms with Crippen molar-refractivity contribution in [3.63, 3.8) is 0 Å². The summed E-state index contributed by atoms with van der Waals surface area (Å²) in [6, 6.07) is 12.0. The number of carbonyl (C=O) groups is 1. The quantitative estimate of drug-likeness (QED) is 0.369. The summed E-state index contributed by atoms with van der Waals surface area (Å²) in [5, 5.41) is 12.3. The number of hydrogen-bond donors (Lipinski definition) is 1. The van der Waals surface area contributed by atoms with Crippen LogP contribution in [-0.2, 0) is 18.3 Å². The van der Waals surface area contributed by atoms with Gasteiger partial charge in [0.25, 0.3) is 0 Å². The summed E-state index contributed by atoms with van der Waals surface area (Å²) in [5.41, 5.74) is 4.14. The van der Waals surface area contributed by atoms with Crippen molar-refractivity contribution in [3.05, 3.63) is 62.5 Å². The van der Waals surface area contributed by atoms with Crippen LogP contribution < -0.4 is 10.1 Å². The highest BCUT2D eigenvalue weighted by Gasteiger charge is 2.14.